The zero-order valence-corrected chi connectivity index (χ0v) is 11.1. The van der Waals surface area contributed by atoms with Crippen molar-refractivity contribution in [1.29, 1.82) is 5.26 Å². The van der Waals surface area contributed by atoms with Gasteiger partial charge in [-0.2, -0.15) is 5.26 Å². The highest BCUT2D eigenvalue weighted by Gasteiger charge is 2.16. The largest absolute Gasteiger partial charge is 0.357 e. The molecule has 1 aliphatic carbocycles. The molecule has 2 aromatic rings. The van der Waals surface area contributed by atoms with Crippen LogP contribution in [0, 0.1) is 11.3 Å². The van der Waals surface area contributed by atoms with Gasteiger partial charge in [-0.15, -0.1) is 0 Å². The zero-order valence-electron chi connectivity index (χ0n) is 9.52. The molecule has 86 valence electrons. The summed E-state index contributed by atoms with van der Waals surface area (Å²) < 4.78 is 0.908. The summed E-state index contributed by atoms with van der Waals surface area (Å²) in [6, 6.07) is 6.20. The van der Waals surface area contributed by atoms with Crippen LogP contribution in [0.4, 0.5) is 0 Å². The molecule has 1 aromatic heterocycles. The number of halogens is 1. The molecule has 0 unspecified atom stereocenters. The normalized spacial score (nSPS) is 15.3. The summed E-state index contributed by atoms with van der Waals surface area (Å²) in [5.41, 5.74) is 4.63. The summed E-state index contributed by atoms with van der Waals surface area (Å²) >= 11 is 3.53. The highest BCUT2D eigenvalue weighted by Crippen LogP contribution is 2.33. The van der Waals surface area contributed by atoms with Crippen molar-refractivity contribution in [3.05, 3.63) is 33.4 Å². The lowest BCUT2D eigenvalue weighted by Crippen LogP contribution is -1.86. The average molecular weight is 289 g/mol. The van der Waals surface area contributed by atoms with Gasteiger partial charge in [0.25, 0.3) is 0 Å². The minimum absolute atomic E-state index is 0.703. The first kappa shape index (κ1) is 10.9. The maximum absolute atomic E-state index is 9.03. The number of fused-ring (bicyclic) bond motifs is 3. The van der Waals surface area contributed by atoms with Gasteiger partial charge in [-0.3, -0.25) is 0 Å². The first-order valence-electron chi connectivity index (χ1n) is 6.03. The summed E-state index contributed by atoms with van der Waals surface area (Å²) in [4.78, 5) is 3.50. The van der Waals surface area contributed by atoms with E-state index in [0.29, 0.717) is 5.56 Å². The van der Waals surface area contributed by atoms with Gasteiger partial charge in [0.15, 0.2) is 0 Å². The Hall–Kier alpha value is -1.27. The van der Waals surface area contributed by atoms with Crippen molar-refractivity contribution >= 4 is 26.8 Å². The van der Waals surface area contributed by atoms with Gasteiger partial charge < -0.3 is 4.98 Å². The Labute approximate surface area is 109 Å². The van der Waals surface area contributed by atoms with Crippen LogP contribution in [-0.2, 0) is 12.8 Å². The summed E-state index contributed by atoms with van der Waals surface area (Å²) in [7, 11) is 0. The van der Waals surface area contributed by atoms with Crippen molar-refractivity contribution in [2.45, 2.75) is 32.1 Å². The third-order valence-corrected chi connectivity index (χ3v) is 4.40. The van der Waals surface area contributed by atoms with Crippen LogP contribution in [0.2, 0.25) is 0 Å². The van der Waals surface area contributed by atoms with Crippen molar-refractivity contribution in [1.82, 2.24) is 4.98 Å². The molecule has 0 aliphatic heterocycles. The average Bonchev–Trinajstić information content (AvgIpc) is 2.54. The smallest absolute Gasteiger partial charge is 0.100 e. The van der Waals surface area contributed by atoms with Crippen LogP contribution in [0.25, 0.3) is 10.9 Å². The molecule has 2 nitrogen and oxygen atoms in total. The summed E-state index contributed by atoms with van der Waals surface area (Å²) in [6.07, 6.45) is 6.16. The van der Waals surface area contributed by atoms with Crippen LogP contribution < -0.4 is 0 Å². The van der Waals surface area contributed by atoms with E-state index in [1.165, 1.54) is 35.9 Å². The number of benzene rings is 1. The first-order chi connectivity index (χ1) is 8.31. The summed E-state index contributed by atoms with van der Waals surface area (Å²) in [5.74, 6) is 0. The number of rotatable bonds is 0. The quantitative estimate of drug-likeness (QED) is 0.729. The number of H-pyrrole nitrogens is 1. The van der Waals surface area contributed by atoms with Crippen LogP contribution in [0.15, 0.2) is 16.6 Å². The molecular weight excluding hydrogens is 276 g/mol. The molecule has 1 N–H and O–H groups in total. The van der Waals surface area contributed by atoms with Crippen LogP contribution in [0.1, 0.15) is 36.1 Å². The Morgan fingerprint density at radius 2 is 2.00 bits per heavy atom. The fourth-order valence-corrected chi connectivity index (χ4v) is 3.24. The van der Waals surface area contributed by atoms with E-state index in [1.54, 1.807) is 0 Å². The Morgan fingerprint density at radius 3 is 2.82 bits per heavy atom. The molecule has 3 heteroatoms. The van der Waals surface area contributed by atoms with Crippen molar-refractivity contribution in [3.63, 3.8) is 0 Å². The molecule has 0 saturated heterocycles. The van der Waals surface area contributed by atoms with Gasteiger partial charge >= 0.3 is 0 Å². The number of aromatic amines is 1. The summed E-state index contributed by atoms with van der Waals surface area (Å²) in [5, 5.41) is 10.3. The Balaban J connectivity index is 2.28. The SMILES string of the molecule is N#Cc1ccc2c3c([nH]c2c1Br)CCCCC3. The third kappa shape index (κ3) is 1.68. The van der Waals surface area contributed by atoms with Gasteiger partial charge in [0, 0.05) is 11.1 Å². The molecule has 0 spiro atoms. The fourth-order valence-electron chi connectivity index (χ4n) is 2.70. The van der Waals surface area contributed by atoms with Gasteiger partial charge in [0.1, 0.15) is 6.07 Å². The number of nitriles is 1. The van der Waals surface area contributed by atoms with E-state index in [2.05, 4.69) is 33.0 Å². The van der Waals surface area contributed by atoms with E-state index < -0.39 is 0 Å². The maximum Gasteiger partial charge on any atom is 0.100 e. The second-order valence-electron chi connectivity index (χ2n) is 4.60. The van der Waals surface area contributed by atoms with Crippen LogP contribution >= 0.6 is 15.9 Å². The van der Waals surface area contributed by atoms with Crippen LogP contribution in [-0.4, -0.2) is 4.98 Å². The minimum Gasteiger partial charge on any atom is -0.357 e. The number of hydrogen-bond acceptors (Lipinski definition) is 1. The molecule has 0 atom stereocenters. The molecule has 0 saturated carbocycles. The molecule has 1 aliphatic rings. The van der Waals surface area contributed by atoms with E-state index in [1.807, 2.05) is 6.07 Å². The number of nitrogens with one attached hydrogen (secondary N) is 1. The van der Waals surface area contributed by atoms with Crippen LogP contribution in [0.5, 0.6) is 0 Å². The number of nitrogens with zero attached hydrogens (tertiary/aromatic N) is 1. The van der Waals surface area contributed by atoms with Gasteiger partial charge in [-0.05, 0) is 53.2 Å². The Kier molecular flexibility index (Phi) is 2.68. The molecular formula is C14H13BrN2. The minimum atomic E-state index is 0.703. The van der Waals surface area contributed by atoms with Crippen molar-refractivity contribution in [2.24, 2.45) is 0 Å². The van der Waals surface area contributed by atoms with E-state index in [4.69, 9.17) is 5.26 Å². The molecule has 0 fully saturated rings. The lowest BCUT2D eigenvalue weighted by atomic mass is 10.1. The topological polar surface area (TPSA) is 39.6 Å². The highest BCUT2D eigenvalue weighted by molar-refractivity contribution is 9.10. The Morgan fingerprint density at radius 1 is 1.18 bits per heavy atom. The molecule has 17 heavy (non-hydrogen) atoms. The lowest BCUT2D eigenvalue weighted by molar-refractivity contribution is 0.708. The standard InChI is InChI=1S/C14H13BrN2/c15-13-9(8-16)6-7-11-10-4-2-1-3-5-12(10)17-14(11)13/h6-7,17H,1-5H2. The fraction of sp³-hybridized carbons (Fsp3) is 0.357. The number of hydrogen-bond donors (Lipinski definition) is 1. The molecule has 0 bridgehead atoms. The predicted octanol–water partition coefficient (Wildman–Crippen LogP) is 4.07. The van der Waals surface area contributed by atoms with Gasteiger partial charge in [0.05, 0.1) is 15.6 Å². The number of aromatic nitrogens is 1. The Bertz CT molecular complexity index is 619. The highest BCUT2D eigenvalue weighted by atomic mass is 79.9. The van der Waals surface area contributed by atoms with Crippen LogP contribution in [0.3, 0.4) is 0 Å². The van der Waals surface area contributed by atoms with Gasteiger partial charge in [-0.1, -0.05) is 12.5 Å². The molecule has 0 radical (unpaired) electrons. The second-order valence-corrected chi connectivity index (χ2v) is 5.40. The van der Waals surface area contributed by atoms with E-state index in [0.717, 1.165) is 22.8 Å². The molecule has 0 amide bonds. The van der Waals surface area contributed by atoms with Crippen molar-refractivity contribution in [3.8, 4) is 6.07 Å². The van der Waals surface area contributed by atoms with Crippen molar-refractivity contribution < 1.29 is 0 Å². The summed E-state index contributed by atoms with van der Waals surface area (Å²) in [6.45, 7) is 0. The lowest BCUT2D eigenvalue weighted by Gasteiger charge is -1.99. The first-order valence-corrected chi connectivity index (χ1v) is 6.82. The number of aryl methyl sites for hydroxylation is 2. The van der Waals surface area contributed by atoms with E-state index >= 15 is 0 Å². The van der Waals surface area contributed by atoms with E-state index in [-0.39, 0.29) is 0 Å². The second kappa shape index (κ2) is 4.19. The monoisotopic (exact) mass is 288 g/mol. The van der Waals surface area contributed by atoms with Gasteiger partial charge in [-0.25, -0.2) is 0 Å². The predicted molar refractivity (Wildman–Crippen MR) is 72.0 cm³/mol. The molecule has 3 rings (SSSR count). The maximum atomic E-state index is 9.03. The van der Waals surface area contributed by atoms with E-state index in [9.17, 15) is 0 Å². The van der Waals surface area contributed by atoms with Gasteiger partial charge in [0.2, 0.25) is 0 Å². The third-order valence-electron chi connectivity index (χ3n) is 3.58. The zero-order chi connectivity index (χ0) is 11.8. The van der Waals surface area contributed by atoms with Crippen molar-refractivity contribution in [2.75, 3.05) is 0 Å². The molecule has 1 heterocycles. The molecule has 1 aromatic carbocycles.